The van der Waals surface area contributed by atoms with Gasteiger partial charge in [-0.3, -0.25) is 27.9 Å². The molecule has 0 amide bonds. The van der Waals surface area contributed by atoms with Gasteiger partial charge in [-0.1, -0.05) is 0 Å². The molecule has 218 valence electrons. The van der Waals surface area contributed by atoms with Crippen molar-refractivity contribution in [3.63, 3.8) is 0 Å². The normalized spacial score (nSPS) is 26.7. The smallest absolute Gasteiger partial charge is 0.369 e. The molecule has 20 heteroatoms. The van der Waals surface area contributed by atoms with Crippen molar-refractivity contribution in [2.45, 2.75) is 50.2 Å². The first-order valence-electron chi connectivity index (χ1n) is 12.2. The molecule has 5 rings (SSSR count). The average Bonchev–Trinajstić information content (AvgIpc) is 3.60. The highest BCUT2D eigenvalue weighted by Crippen LogP contribution is 2.50. The zero-order chi connectivity index (χ0) is 28.5. The zero-order valence-corrected chi connectivity index (χ0v) is 22.6. The number of anilines is 2. The van der Waals surface area contributed by atoms with Crippen LogP contribution in [0.4, 0.5) is 11.8 Å². The lowest BCUT2D eigenvalue weighted by Gasteiger charge is -2.23. The number of H-pyrrole nitrogens is 1. The van der Waals surface area contributed by atoms with Crippen molar-refractivity contribution in [1.29, 1.82) is 0 Å². The predicted molar refractivity (Wildman–Crippen MR) is 137 cm³/mol. The lowest BCUT2D eigenvalue weighted by molar-refractivity contribution is -0.0261. The summed E-state index contributed by atoms with van der Waals surface area (Å²) in [5.74, 6) is -0.179. The van der Waals surface area contributed by atoms with Crippen LogP contribution < -0.4 is 16.6 Å². The summed E-state index contributed by atoms with van der Waals surface area (Å²) in [6.45, 7) is -0.670. The maximum atomic E-state index is 12.8. The highest BCUT2D eigenvalue weighted by molar-refractivity contribution is 7.47. The van der Waals surface area contributed by atoms with Crippen LogP contribution in [0.2, 0.25) is 0 Å². The average molecular weight is 602 g/mol. The van der Waals surface area contributed by atoms with E-state index in [1.807, 2.05) is 0 Å². The van der Waals surface area contributed by atoms with Gasteiger partial charge in [-0.15, -0.1) is 0 Å². The molecule has 7 N–H and O–H groups in total. The molecular weight excluding hydrogens is 574 g/mol. The number of phosphoric acid groups is 2. The third kappa shape index (κ3) is 7.09. The lowest BCUT2D eigenvalue weighted by Crippen LogP contribution is -2.23. The Balaban J connectivity index is 1.18. The number of aromatic amines is 1. The molecule has 0 bridgehead atoms. The third-order valence-electron chi connectivity index (χ3n) is 6.56. The van der Waals surface area contributed by atoms with Crippen molar-refractivity contribution < 1.29 is 42.1 Å². The van der Waals surface area contributed by atoms with Gasteiger partial charge in [0, 0.05) is 18.2 Å². The quantitative estimate of drug-likeness (QED) is 0.165. The van der Waals surface area contributed by atoms with E-state index in [-0.39, 0.29) is 36.2 Å². The summed E-state index contributed by atoms with van der Waals surface area (Å²) < 4.78 is 46.9. The zero-order valence-electron chi connectivity index (χ0n) is 20.8. The Morgan fingerprint density at radius 3 is 2.75 bits per heavy atom. The first-order chi connectivity index (χ1) is 19.0. The van der Waals surface area contributed by atoms with E-state index in [0.717, 1.165) is 0 Å². The standard InChI is InChI=1S/C20H28N8O10P2/c21-20-26-18-17(19(29)27-20)24-10-28(18)16-2-1-13(37-16)8-36-40(33,34)38-14-6-12(25-15-3-4-22-9-23-15)5-11(14)7-35-39(30,31)32/h3-4,9-14,16H,1-2,5-8H2,(H,33,34)(H,22,23,25)(H2,30,31,32)(H3,21,26,27,29)/t11-,12-,13+,14+,16-/m1/s1. The lowest BCUT2D eigenvalue weighted by atomic mass is 10.1. The van der Waals surface area contributed by atoms with E-state index >= 15 is 0 Å². The highest BCUT2D eigenvalue weighted by atomic mass is 31.2. The predicted octanol–water partition coefficient (Wildman–Crippen LogP) is 0.672. The fourth-order valence-electron chi connectivity index (χ4n) is 4.83. The number of fused-ring (bicyclic) bond motifs is 1. The van der Waals surface area contributed by atoms with Crippen LogP contribution in [-0.2, 0) is 27.4 Å². The number of imidazole rings is 1. The van der Waals surface area contributed by atoms with Crippen LogP contribution in [-0.4, -0.2) is 75.6 Å². The molecule has 1 saturated carbocycles. The number of hydrogen-bond donors (Lipinski definition) is 6. The van der Waals surface area contributed by atoms with Crippen LogP contribution in [0.25, 0.3) is 11.2 Å². The summed E-state index contributed by atoms with van der Waals surface area (Å²) in [6.07, 6.45) is 3.77. The van der Waals surface area contributed by atoms with E-state index in [1.54, 1.807) is 16.8 Å². The largest absolute Gasteiger partial charge is 0.472 e. The number of aromatic nitrogens is 6. The number of nitrogens with two attached hydrogens (primary N) is 1. The second kappa shape index (κ2) is 11.6. The summed E-state index contributed by atoms with van der Waals surface area (Å²) in [5.41, 5.74) is 5.51. The summed E-state index contributed by atoms with van der Waals surface area (Å²) in [4.78, 5) is 59.2. The van der Waals surface area contributed by atoms with Gasteiger partial charge in [0.25, 0.3) is 5.56 Å². The van der Waals surface area contributed by atoms with Crippen molar-refractivity contribution in [3.05, 3.63) is 35.3 Å². The second-order valence-corrected chi connectivity index (χ2v) is 12.1. The first kappa shape index (κ1) is 28.7. The highest BCUT2D eigenvalue weighted by Gasteiger charge is 2.41. The molecular formula is C20H28N8O10P2. The number of ether oxygens (including phenoxy) is 1. The van der Waals surface area contributed by atoms with Crippen LogP contribution in [0.3, 0.4) is 0 Å². The van der Waals surface area contributed by atoms with Crippen molar-refractivity contribution in [3.8, 4) is 0 Å². The Morgan fingerprint density at radius 1 is 1.18 bits per heavy atom. The van der Waals surface area contributed by atoms with E-state index in [2.05, 4.69) is 34.8 Å². The first-order valence-corrected chi connectivity index (χ1v) is 15.2. The Bertz CT molecular complexity index is 1480. The number of rotatable bonds is 11. The molecule has 0 radical (unpaired) electrons. The van der Waals surface area contributed by atoms with Crippen molar-refractivity contribution in [2.75, 3.05) is 24.3 Å². The molecule has 1 aliphatic carbocycles. The summed E-state index contributed by atoms with van der Waals surface area (Å²) in [6, 6.07) is 1.35. The molecule has 6 atom stereocenters. The maximum Gasteiger partial charge on any atom is 0.472 e. The van der Waals surface area contributed by atoms with E-state index in [1.165, 1.54) is 12.7 Å². The third-order valence-corrected chi connectivity index (χ3v) is 8.06. The fourth-order valence-corrected chi connectivity index (χ4v) is 6.23. The monoisotopic (exact) mass is 602 g/mol. The number of phosphoric ester groups is 2. The molecule has 3 aromatic rings. The molecule has 0 aromatic carbocycles. The second-order valence-electron chi connectivity index (χ2n) is 9.43. The molecule has 1 unspecified atom stereocenters. The van der Waals surface area contributed by atoms with E-state index in [0.29, 0.717) is 25.1 Å². The van der Waals surface area contributed by atoms with E-state index in [9.17, 15) is 18.8 Å². The van der Waals surface area contributed by atoms with Crippen molar-refractivity contribution in [2.24, 2.45) is 5.92 Å². The van der Waals surface area contributed by atoms with Crippen molar-refractivity contribution >= 4 is 38.6 Å². The minimum atomic E-state index is -4.77. The number of nitrogens with one attached hydrogen (secondary N) is 2. The van der Waals surface area contributed by atoms with Gasteiger partial charge >= 0.3 is 15.6 Å². The van der Waals surface area contributed by atoms with Crippen LogP contribution in [0.1, 0.15) is 31.9 Å². The number of hydrogen-bond acceptors (Lipinski definition) is 13. The molecule has 0 spiro atoms. The Labute approximate surface area is 226 Å². The Hall–Kier alpha value is -2.79. The number of nitrogen functional groups attached to an aromatic ring is 1. The summed E-state index contributed by atoms with van der Waals surface area (Å²) in [5, 5.41) is 3.14. The van der Waals surface area contributed by atoms with Gasteiger partial charge in [0.15, 0.2) is 11.2 Å². The van der Waals surface area contributed by atoms with Gasteiger partial charge in [0.05, 0.1) is 31.7 Å². The van der Waals surface area contributed by atoms with E-state index in [4.69, 9.17) is 29.3 Å². The van der Waals surface area contributed by atoms with Gasteiger partial charge in [-0.2, -0.15) is 4.98 Å². The maximum absolute atomic E-state index is 12.8. The Morgan fingerprint density at radius 2 is 2.00 bits per heavy atom. The van der Waals surface area contributed by atoms with Gasteiger partial charge in [0.1, 0.15) is 18.4 Å². The summed E-state index contributed by atoms with van der Waals surface area (Å²) in [7, 11) is -9.38. The molecule has 2 aliphatic rings. The van der Waals surface area contributed by atoms with E-state index < -0.39 is 52.2 Å². The van der Waals surface area contributed by atoms with Crippen molar-refractivity contribution in [1.82, 2.24) is 29.5 Å². The molecule has 2 fully saturated rings. The van der Waals surface area contributed by atoms with Crippen LogP contribution in [0.5, 0.6) is 0 Å². The minimum absolute atomic E-state index is 0.0682. The minimum Gasteiger partial charge on any atom is -0.369 e. The molecule has 1 saturated heterocycles. The molecule has 40 heavy (non-hydrogen) atoms. The fraction of sp³-hybridized carbons (Fsp3) is 0.550. The van der Waals surface area contributed by atoms with Gasteiger partial charge in [0.2, 0.25) is 5.95 Å². The van der Waals surface area contributed by atoms with Gasteiger partial charge in [-0.05, 0) is 31.7 Å². The number of nitrogens with zero attached hydrogens (tertiary/aromatic N) is 5. The van der Waals surface area contributed by atoms with Crippen LogP contribution >= 0.6 is 15.6 Å². The molecule has 18 nitrogen and oxygen atoms in total. The molecule has 3 aromatic heterocycles. The topological polar surface area (TPSA) is 259 Å². The Kier molecular flexibility index (Phi) is 8.33. The molecule has 1 aliphatic heterocycles. The SMILES string of the molecule is Nc1nc2c(ncn2[C@H]2CC[C@@H](COP(=O)(O)O[C@H]3C[C@H](Nc4ccncn4)C[C@@H]3COP(=O)(O)O)O2)c(=O)[nH]1. The molecule has 4 heterocycles. The van der Waals surface area contributed by atoms with Crippen LogP contribution in [0.15, 0.2) is 29.7 Å². The van der Waals surface area contributed by atoms with Gasteiger partial charge in [-0.25, -0.2) is 24.1 Å². The van der Waals surface area contributed by atoms with Gasteiger partial charge < -0.3 is 30.5 Å². The summed E-state index contributed by atoms with van der Waals surface area (Å²) >= 11 is 0. The van der Waals surface area contributed by atoms with Crippen LogP contribution in [0, 0.1) is 5.92 Å².